The monoisotopic (exact) mass is 350 g/mol. The van der Waals surface area contributed by atoms with Crippen LogP contribution in [0.1, 0.15) is 26.3 Å². The third kappa shape index (κ3) is 5.32. The number of rotatable bonds is 4. The maximum Gasteiger partial charge on any atom is 0.410 e. The van der Waals surface area contributed by atoms with Crippen LogP contribution in [0.5, 0.6) is 0 Å². The van der Waals surface area contributed by atoms with Crippen LogP contribution in [0.3, 0.4) is 0 Å². The highest BCUT2D eigenvalue weighted by molar-refractivity contribution is 5.68. The van der Waals surface area contributed by atoms with Crippen LogP contribution in [-0.4, -0.2) is 59.6 Å². The Bertz CT molecular complexity index is 634. The first-order chi connectivity index (χ1) is 11.7. The van der Waals surface area contributed by atoms with Crippen molar-refractivity contribution in [1.82, 2.24) is 9.80 Å². The highest BCUT2D eigenvalue weighted by atomic mass is 16.6. The van der Waals surface area contributed by atoms with Gasteiger partial charge >= 0.3 is 6.09 Å². The van der Waals surface area contributed by atoms with Gasteiger partial charge in [0.25, 0.3) is 5.69 Å². The minimum atomic E-state index is -0.490. The summed E-state index contributed by atoms with van der Waals surface area (Å²) in [6, 6.07) is 5.11. The minimum absolute atomic E-state index is 0.0704. The summed E-state index contributed by atoms with van der Waals surface area (Å²) in [5, 5.41) is 13.9. The normalized spacial score (nSPS) is 15.8. The summed E-state index contributed by atoms with van der Waals surface area (Å²) < 4.78 is 5.39. The number of nitrogens with one attached hydrogen (secondary N) is 1. The van der Waals surface area contributed by atoms with E-state index in [0.29, 0.717) is 25.3 Å². The number of hydrogen-bond acceptors (Lipinski definition) is 6. The van der Waals surface area contributed by atoms with E-state index in [1.54, 1.807) is 24.1 Å². The van der Waals surface area contributed by atoms with Crippen LogP contribution in [0.2, 0.25) is 0 Å². The van der Waals surface area contributed by atoms with Crippen molar-refractivity contribution in [2.24, 2.45) is 0 Å². The van der Waals surface area contributed by atoms with Gasteiger partial charge < -0.3 is 15.0 Å². The first-order valence-electron chi connectivity index (χ1n) is 8.35. The molecule has 0 aromatic heterocycles. The van der Waals surface area contributed by atoms with E-state index >= 15 is 0 Å². The van der Waals surface area contributed by atoms with Gasteiger partial charge in [-0.3, -0.25) is 15.0 Å². The Morgan fingerprint density at radius 1 is 1.28 bits per heavy atom. The van der Waals surface area contributed by atoms with Gasteiger partial charge in [-0.15, -0.1) is 0 Å². The number of nitro groups is 1. The van der Waals surface area contributed by atoms with E-state index in [2.05, 4.69) is 10.2 Å². The van der Waals surface area contributed by atoms with Crippen LogP contribution in [0, 0.1) is 10.1 Å². The third-order valence-electron chi connectivity index (χ3n) is 3.96. The van der Waals surface area contributed by atoms with Gasteiger partial charge in [0.2, 0.25) is 0 Å². The molecule has 0 atom stereocenters. The fourth-order valence-corrected chi connectivity index (χ4v) is 2.71. The standard InChI is InChI=1S/C17H26N4O4/c1-17(2,3)25-16(22)20-9-7-19(8-10-20)12-13-5-6-15(21(23)24)14(11-13)18-4/h5-6,11,18H,7-10,12H2,1-4H3. The molecule has 0 unspecified atom stereocenters. The largest absolute Gasteiger partial charge is 0.444 e. The van der Waals surface area contributed by atoms with Crippen molar-refractivity contribution in [2.75, 3.05) is 38.5 Å². The lowest BCUT2D eigenvalue weighted by Crippen LogP contribution is -2.49. The van der Waals surface area contributed by atoms with Crippen molar-refractivity contribution >= 4 is 17.5 Å². The molecule has 2 rings (SSSR count). The Balaban J connectivity index is 1.92. The van der Waals surface area contributed by atoms with E-state index in [-0.39, 0.29) is 11.8 Å². The molecule has 1 N–H and O–H groups in total. The van der Waals surface area contributed by atoms with Crippen LogP contribution < -0.4 is 5.32 Å². The molecule has 1 aromatic carbocycles. The number of carbonyl (C=O) groups excluding carboxylic acids is 1. The molecule has 0 bridgehead atoms. The number of anilines is 1. The molecule has 1 saturated heterocycles. The molecule has 1 fully saturated rings. The van der Waals surface area contributed by atoms with E-state index in [1.165, 1.54) is 6.07 Å². The van der Waals surface area contributed by atoms with Gasteiger partial charge in [0.1, 0.15) is 11.3 Å². The first-order valence-corrected chi connectivity index (χ1v) is 8.35. The number of nitrogens with zero attached hydrogens (tertiary/aromatic N) is 3. The molecule has 8 nitrogen and oxygen atoms in total. The van der Waals surface area contributed by atoms with Crippen LogP contribution in [0.15, 0.2) is 18.2 Å². The molecule has 1 aliphatic heterocycles. The zero-order valence-electron chi connectivity index (χ0n) is 15.2. The lowest BCUT2D eigenvalue weighted by Gasteiger charge is -2.35. The van der Waals surface area contributed by atoms with Crippen LogP contribution in [0.25, 0.3) is 0 Å². The summed E-state index contributed by atoms with van der Waals surface area (Å²) in [5.74, 6) is 0. The van der Waals surface area contributed by atoms with E-state index < -0.39 is 10.5 Å². The lowest BCUT2D eigenvalue weighted by molar-refractivity contribution is -0.384. The van der Waals surface area contributed by atoms with Crippen molar-refractivity contribution in [3.05, 3.63) is 33.9 Å². The lowest BCUT2D eigenvalue weighted by atomic mass is 10.1. The Kier molecular flexibility index (Phi) is 5.84. The van der Waals surface area contributed by atoms with Crippen molar-refractivity contribution in [3.8, 4) is 0 Å². The summed E-state index contributed by atoms with van der Waals surface area (Å²) in [4.78, 5) is 26.6. The molecule has 0 aliphatic carbocycles. The van der Waals surface area contributed by atoms with Crippen molar-refractivity contribution in [3.63, 3.8) is 0 Å². The van der Waals surface area contributed by atoms with Crippen LogP contribution in [0.4, 0.5) is 16.2 Å². The molecule has 0 radical (unpaired) electrons. The Morgan fingerprint density at radius 3 is 2.44 bits per heavy atom. The third-order valence-corrected chi connectivity index (χ3v) is 3.96. The summed E-state index contributed by atoms with van der Waals surface area (Å²) >= 11 is 0. The van der Waals surface area contributed by atoms with E-state index in [9.17, 15) is 14.9 Å². The summed E-state index contributed by atoms with van der Waals surface area (Å²) in [7, 11) is 1.67. The second kappa shape index (κ2) is 7.69. The average Bonchev–Trinajstić information content (AvgIpc) is 2.53. The van der Waals surface area contributed by atoms with Gasteiger partial charge in [-0.25, -0.2) is 4.79 Å². The van der Waals surface area contributed by atoms with Gasteiger partial charge in [0, 0.05) is 45.8 Å². The molecule has 25 heavy (non-hydrogen) atoms. The first kappa shape index (κ1) is 19.0. The zero-order chi connectivity index (χ0) is 18.6. The number of ether oxygens (including phenoxy) is 1. The number of piperazine rings is 1. The van der Waals surface area contributed by atoms with Crippen molar-refractivity contribution < 1.29 is 14.5 Å². The van der Waals surface area contributed by atoms with Crippen LogP contribution >= 0.6 is 0 Å². The molecular formula is C17H26N4O4. The topological polar surface area (TPSA) is 88.0 Å². The maximum atomic E-state index is 12.1. The zero-order valence-corrected chi connectivity index (χ0v) is 15.2. The van der Waals surface area contributed by atoms with Crippen molar-refractivity contribution in [2.45, 2.75) is 32.9 Å². The highest BCUT2D eigenvalue weighted by Crippen LogP contribution is 2.25. The Labute approximate surface area is 147 Å². The number of benzene rings is 1. The molecule has 0 spiro atoms. The molecular weight excluding hydrogens is 324 g/mol. The quantitative estimate of drug-likeness (QED) is 0.663. The van der Waals surface area contributed by atoms with Gasteiger partial charge in [0.05, 0.1) is 4.92 Å². The number of nitro benzene ring substituents is 1. The Morgan fingerprint density at radius 2 is 1.92 bits per heavy atom. The van der Waals surface area contributed by atoms with Gasteiger partial charge in [0.15, 0.2) is 0 Å². The van der Waals surface area contributed by atoms with Gasteiger partial charge in [-0.1, -0.05) is 6.07 Å². The number of hydrogen-bond donors (Lipinski definition) is 1. The molecule has 138 valence electrons. The van der Waals surface area contributed by atoms with Crippen LogP contribution in [-0.2, 0) is 11.3 Å². The Hall–Kier alpha value is -2.35. The van der Waals surface area contributed by atoms with Gasteiger partial charge in [-0.05, 0) is 32.4 Å². The average molecular weight is 350 g/mol. The number of carbonyl (C=O) groups is 1. The fraction of sp³-hybridized carbons (Fsp3) is 0.588. The fourth-order valence-electron chi connectivity index (χ4n) is 2.71. The molecule has 0 saturated carbocycles. The molecule has 1 aromatic rings. The predicted molar refractivity (Wildman–Crippen MR) is 95.7 cm³/mol. The maximum absolute atomic E-state index is 12.1. The molecule has 1 amide bonds. The van der Waals surface area contributed by atoms with Crippen molar-refractivity contribution in [1.29, 1.82) is 0 Å². The summed E-state index contributed by atoms with van der Waals surface area (Å²) in [6.45, 7) is 8.96. The summed E-state index contributed by atoms with van der Waals surface area (Å²) in [6.07, 6.45) is -0.278. The highest BCUT2D eigenvalue weighted by Gasteiger charge is 2.26. The molecule has 1 heterocycles. The number of amides is 1. The second-order valence-corrected chi connectivity index (χ2v) is 7.10. The predicted octanol–water partition coefficient (Wildman–Crippen LogP) is 2.69. The molecule has 8 heteroatoms. The summed E-state index contributed by atoms with van der Waals surface area (Å²) in [5.41, 5.74) is 1.09. The van der Waals surface area contributed by atoms with E-state index in [1.807, 2.05) is 20.8 Å². The van der Waals surface area contributed by atoms with E-state index in [0.717, 1.165) is 18.7 Å². The van der Waals surface area contributed by atoms with E-state index in [4.69, 9.17) is 4.74 Å². The molecule has 1 aliphatic rings. The van der Waals surface area contributed by atoms with Gasteiger partial charge in [-0.2, -0.15) is 0 Å². The second-order valence-electron chi connectivity index (χ2n) is 7.10. The smallest absolute Gasteiger partial charge is 0.410 e. The minimum Gasteiger partial charge on any atom is -0.444 e. The SMILES string of the molecule is CNc1cc(CN2CCN(C(=O)OC(C)(C)C)CC2)ccc1[N+](=O)[O-].